The van der Waals surface area contributed by atoms with Crippen LogP contribution in [0.5, 0.6) is 0 Å². The third kappa shape index (κ3) is 4.71. The summed E-state index contributed by atoms with van der Waals surface area (Å²) in [6, 6.07) is 8.05. The molecule has 0 radical (unpaired) electrons. The summed E-state index contributed by atoms with van der Waals surface area (Å²) in [6.07, 6.45) is 2.13. The van der Waals surface area contributed by atoms with Gasteiger partial charge in [-0.3, -0.25) is 9.59 Å². The summed E-state index contributed by atoms with van der Waals surface area (Å²) in [7, 11) is 0. The van der Waals surface area contributed by atoms with Crippen LogP contribution < -0.4 is 5.32 Å². The van der Waals surface area contributed by atoms with E-state index in [-0.39, 0.29) is 23.7 Å². The largest absolute Gasteiger partial charge is 0.366 e. The van der Waals surface area contributed by atoms with Crippen molar-refractivity contribution in [2.75, 3.05) is 32.8 Å². The van der Waals surface area contributed by atoms with E-state index in [1.807, 2.05) is 17.0 Å². The lowest BCUT2D eigenvalue weighted by atomic mass is 9.88. The van der Waals surface area contributed by atoms with Crippen LogP contribution in [0.3, 0.4) is 0 Å². The van der Waals surface area contributed by atoms with Gasteiger partial charge < -0.3 is 15.0 Å². The van der Waals surface area contributed by atoms with Crippen molar-refractivity contribution in [1.29, 1.82) is 0 Å². The van der Waals surface area contributed by atoms with Gasteiger partial charge in [0.2, 0.25) is 0 Å². The Hall–Kier alpha value is -1.72. The molecular formula is C21H30N2O3. The zero-order valence-electron chi connectivity index (χ0n) is 15.9. The van der Waals surface area contributed by atoms with E-state index in [0.29, 0.717) is 32.2 Å². The van der Waals surface area contributed by atoms with Crippen LogP contribution in [0.1, 0.15) is 42.6 Å². The third-order valence-corrected chi connectivity index (χ3v) is 5.26. The molecule has 0 aromatic heterocycles. The van der Waals surface area contributed by atoms with Crippen molar-refractivity contribution in [3.05, 3.63) is 35.4 Å². The Labute approximate surface area is 156 Å². The fourth-order valence-corrected chi connectivity index (χ4v) is 3.80. The number of ketones is 1. The summed E-state index contributed by atoms with van der Waals surface area (Å²) in [5.41, 5.74) is 2.07. The maximum atomic E-state index is 12.8. The van der Waals surface area contributed by atoms with Crippen LogP contribution in [0.15, 0.2) is 24.3 Å². The smallest absolute Gasteiger partial charge is 0.253 e. The zero-order chi connectivity index (χ0) is 18.5. The van der Waals surface area contributed by atoms with Gasteiger partial charge in [-0.25, -0.2) is 0 Å². The van der Waals surface area contributed by atoms with Gasteiger partial charge in [0.1, 0.15) is 6.10 Å². The monoisotopic (exact) mass is 358 g/mol. The Balaban J connectivity index is 1.52. The second-order valence-corrected chi connectivity index (χ2v) is 7.82. The molecule has 2 aliphatic heterocycles. The van der Waals surface area contributed by atoms with E-state index >= 15 is 0 Å². The number of morpholine rings is 1. The number of rotatable bonds is 5. The number of Topliss-reactive ketones (excluding diaryl/α,β-unsaturated/α-hetero) is 1. The van der Waals surface area contributed by atoms with E-state index in [9.17, 15) is 9.59 Å². The zero-order valence-corrected chi connectivity index (χ0v) is 15.9. The van der Waals surface area contributed by atoms with Crippen molar-refractivity contribution in [3.8, 4) is 0 Å². The Bertz CT molecular complexity index is 613. The van der Waals surface area contributed by atoms with Crippen molar-refractivity contribution in [1.82, 2.24) is 10.2 Å². The minimum absolute atomic E-state index is 0.0143. The van der Waals surface area contributed by atoms with Gasteiger partial charge in [-0.15, -0.1) is 0 Å². The Morgan fingerprint density at radius 3 is 2.46 bits per heavy atom. The van der Waals surface area contributed by atoms with Crippen molar-refractivity contribution in [2.45, 2.75) is 39.2 Å². The lowest BCUT2D eigenvalue weighted by Crippen LogP contribution is -2.51. The van der Waals surface area contributed by atoms with E-state index in [1.54, 1.807) is 0 Å². The molecule has 26 heavy (non-hydrogen) atoms. The van der Waals surface area contributed by atoms with Gasteiger partial charge in [-0.05, 0) is 30.7 Å². The molecule has 3 rings (SSSR count). The maximum Gasteiger partial charge on any atom is 0.253 e. The number of piperidine rings is 1. The number of nitrogens with one attached hydrogen (secondary N) is 1. The predicted octanol–water partition coefficient (Wildman–Crippen LogP) is 2.29. The molecular weight excluding hydrogens is 328 g/mol. The van der Waals surface area contributed by atoms with E-state index < -0.39 is 0 Å². The van der Waals surface area contributed by atoms with Gasteiger partial charge >= 0.3 is 0 Å². The van der Waals surface area contributed by atoms with Crippen molar-refractivity contribution in [2.24, 2.45) is 11.8 Å². The summed E-state index contributed by atoms with van der Waals surface area (Å²) in [5, 5.41) is 3.19. The molecule has 1 amide bonds. The van der Waals surface area contributed by atoms with E-state index in [2.05, 4.69) is 31.3 Å². The number of nitrogens with zero attached hydrogens (tertiary/aromatic N) is 1. The first kappa shape index (κ1) is 19.1. The van der Waals surface area contributed by atoms with Crippen LogP contribution in [-0.2, 0) is 16.0 Å². The average Bonchev–Trinajstić information content (AvgIpc) is 2.68. The van der Waals surface area contributed by atoms with Gasteiger partial charge in [-0.2, -0.15) is 0 Å². The molecule has 2 saturated heterocycles. The van der Waals surface area contributed by atoms with Gasteiger partial charge in [0.15, 0.2) is 5.78 Å². The first-order valence-corrected chi connectivity index (χ1v) is 9.79. The van der Waals surface area contributed by atoms with Gasteiger partial charge in [0, 0.05) is 37.7 Å². The van der Waals surface area contributed by atoms with Crippen LogP contribution in [0.25, 0.3) is 0 Å². The fraction of sp³-hybridized carbons (Fsp3) is 0.619. The number of benzene rings is 1. The van der Waals surface area contributed by atoms with E-state index in [1.165, 1.54) is 5.56 Å². The predicted molar refractivity (Wildman–Crippen MR) is 101 cm³/mol. The summed E-state index contributed by atoms with van der Waals surface area (Å²) in [4.78, 5) is 27.1. The number of carbonyl (C=O) groups is 2. The minimum atomic E-state index is -0.371. The first-order valence-electron chi connectivity index (χ1n) is 9.79. The van der Waals surface area contributed by atoms with Gasteiger partial charge in [-0.1, -0.05) is 38.1 Å². The maximum absolute atomic E-state index is 12.8. The summed E-state index contributed by atoms with van der Waals surface area (Å²) < 4.78 is 5.55. The molecule has 0 saturated carbocycles. The Morgan fingerprint density at radius 1 is 1.19 bits per heavy atom. The number of amides is 1. The third-order valence-electron chi connectivity index (χ3n) is 5.26. The molecule has 2 aliphatic rings. The highest BCUT2D eigenvalue weighted by Gasteiger charge is 2.32. The van der Waals surface area contributed by atoms with E-state index in [0.717, 1.165) is 31.4 Å². The molecule has 5 nitrogen and oxygen atoms in total. The Morgan fingerprint density at radius 2 is 1.88 bits per heavy atom. The summed E-state index contributed by atoms with van der Waals surface area (Å²) in [6.45, 7) is 7.64. The average molecular weight is 358 g/mol. The second-order valence-electron chi connectivity index (χ2n) is 7.82. The molecule has 1 aromatic rings. The highest BCUT2D eigenvalue weighted by Crippen LogP contribution is 2.23. The normalized spacial score (nSPS) is 21.8. The number of hydrogen-bond acceptors (Lipinski definition) is 4. The Kier molecular flexibility index (Phi) is 6.43. The molecule has 2 fully saturated rings. The molecule has 5 heteroatoms. The van der Waals surface area contributed by atoms with Crippen LogP contribution in [0, 0.1) is 11.8 Å². The standard InChI is InChI=1S/C21H30N2O3/c1-15(2)13-16-3-5-17(6-4-16)20(24)18-7-10-23(11-8-18)21(25)19-14-22-9-12-26-19/h3-6,15,18-19,22H,7-14H2,1-2H3. The fourth-order valence-electron chi connectivity index (χ4n) is 3.80. The number of likely N-dealkylation sites (tertiary alicyclic amines) is 1. The topological polar surface area (TPSA) is 58.6 Å². The second kappa shape index (κ2) is 8.78. The number of carbonyl (C=O) groups excluding carboxylic acids is 2. The van der Waals surface area contributed by atoms with Crippen molar-refractivity contribution >= 4 is 11.7 Å². The lowest BCUT2D eigenvalue weighted by molar-refractivity contribution is -0.146. The minimum Gasteiger partial charge on any atom is -0.366 e. The molecule has 1 unspecified atom stereocenters. The van der Waals surface area contributed by atoms with E-state index in [4.69, 9.17) is 4.74 Å². The molecule has 1 atom stereocenters. The van der Waals surface area contributed by atoms with Crippen molar-refractivity contribution < 1.29 is 14.3 Å². The van der Waals surface area contributed by atoms with Crippen LogP contribution in [0.2, 0.25) is 0 Å². The molecule has 0 spiro atoms. The van der Waals surface area contributed by atoms with Crippen molar-refractivity contribution in [3.63, 3.8) is 0 Å². The summed E-state index contributed by atoms with van der Waals surface area (Å²) >= 11 is 0. The highest BCUT2D eigenvalue weighted by molar-refractivity contribution is 5.98. The molecule has 2 heterocycles. The first-order chi connectivity index (χ1) is 12.5. The highest BCUT2D eigenvalue weighted by atomic mass is 16.5. The summed E-state index contributed by atoms with van der Waals surface area (Å²) in [5.74, 6) is 0.895. The molecule has 0 aliphatic carbocycles. The van der Waals surface area contributed by atoms with Gasteiger partial charge in [0.25, 0.3) is 5.91 Å². The molecule has 0 bridgehead atoms. The van der Waals surface area contributed by atoms with Crippen LogP contribution in [-0.4, -0.2) is 55.5 Å². The SMILES string of the molecule is CC(C)Cc1ccc(C(=O)C2CCN(C(=O)C3CNCCO3)CC2)cc1. The van der Waals surface area contributed by atoms with Crippen LogP contribution in [0.4, 0.5) is 0 Å². The van der Waals surface area contributed by atoms with Gasteiger partial charge in [0.05, 0.1) is 6.61 Å². The molecule has 1 aromatic carbocycles. The molecule has 1 N–H and O–H groups in total. The van der Waals surface area contributed by atoms with Crippen LogP contribution >= 0.6 is 0 Å². The quantitative estimate of drug-likeness (QED) is 0.821. The number of ether oxygens (including phenoxy) is 1. The number of hydrogen-bond donors (Lipinski definition) is 1. The lowest BCUT2D eigenvalue weighted by Gasteiger charge is -2.34. The molecule has 142 valence electrons.